The van der Waals surface area contributed by atoms with Crippen LogP contribution in [0.1, 0.15) is 38.2 Å². The van der Waals surface area contributed by atoms with E-state index in [2.05, 4.69) is 12.2 Å². The van der Waals surface area contributed by atoms with Crippen molar-refractivity contribution in [1.29, 1.82) is 0 Å². The van der Waals surface area contributed by atoms with Gasteiger partial charge in [-0.3, -0.25) is 10.1 Å². The molecule has 0 atom stereocenters. The second kappa shape index (κ2) is 7.41. The van der Waals surface area contributed by atoms with Gasteiger partial charge in [0.1, 0.15) is 0 Å². The maximum atomic E-state index is 11.0. The van der Waals surface area contributed by atoms with Crippen molar-refractivity contribution in [2.24, 2.45) is 11.8 Å². The van der Waals surface area contributed by atoms with Crippen LogP contribution in [-0.4, -0.2) is 18.6 Å². The van der Waals surface area contributed by atoms with E-state index in [-0.39, 0.29) is 5.69 Å². The molecule has 1 aromatic carbocycles. The molecule has 0 aromatic heterocycles. The molecule has 5 nitrogen and oxygen atoms in total. The topological polar surface area (TPSA) is 64.4 Å². The minimum atomic E-state index is -0.398. The highest BCUT2D eigenvalue weighted by Crippen LogP contribution is 2.29. The van der Waals surface area contributed by atoms with Gasteiger partial charge in [0.05, 0.1) is 12.0 Å². The molecule has 1 aliphatic rings. The molecule has 0 saturated heterocycles. The first kappa shape index (κ1) is 15.8. The van der Waals surface area contributed by atoms with Crippen LogP contribution < -0.4 is 10.1 Å². The van der Waals surface area contributed by atoms with Crippen LogP contribution in [0.4, 0.5) is 5.69 Å². The van der Waals surface area contributed by atoms with Crippen molar-refractivity contribution in [2.75, 3.05) is 13.7 Å². The Labute approximate surface area is 125 Å². The Morgan fingerprint density at radius 1 is 1.33 bits per heavy atom. The summed E-state index contributed by atoms with van der Waals surface area (Å²) in [4.78, 5) is 10.6. The monoisotopic (exact) mass is 292 g/mol. The molecule has 1 fully saturated rings. The van der Waals surface area contributed by atoms with Gasteiger partial charge in [-0.25, -0.2) is 0 Å². The Kier molecular flexibility index (Phi) is 5.56. The van der Waals surface area contributed by atoms with Crippen LogP contribution in [0.5, 0.6) is 5.75 Å². The highest BCUT2D eigenvalue weighted by Gasteiger charge is 2.18. The van der Waals surface area contributed by atoms with Gasteiger partial charge in [-0.05, 0) is 42.9 Å². The third-order valence-corrected chi connectivity index (χ3v) is 4.34. The van der Waals surface area contributed by atoms with E-state index in [0.29, 0.717) is 12.3 Å². The normalized spacial score (nSPS) is 22.0. The van der Waals surface area contributed by atoms with Gasteiger partial charge in [0.2, 0.25) is 0 Å². The molecular weight excluding hydrogens is 268 g/mol. The second-order valence-electron chi connectivity index (χ2n) is 6.02. The number of hydrogen-bond donors (Lipinski definition) is 1. The Morgan fingerprint density at radius 2 is 2.05 bits per heavy atom. The summed E-state index contributed by atoms with van der Waals surface area (Å²) in [6.07, 6.45) is 5.22. The predicted molar refractivity (Wildman–Crippen MR) is 82.5 cm³/mol. The fourth-order valence-corrected chi connectivity index (χ4v) is 2.94. The van der Waals surface area contributed by atoms with Crippen molar-refractivity contribution in [1.82, 2.24) is 5.32 Å². The minimum Gasteiger partial charge on any atom is -0.490 e. The van der Waals surface area contributed by atoms with Gasteiger partial charge in [0.15, 0.2) is 5.75 Å². The lowest BCUT2D eigenvalue weighted by Gasteiger charge is -2.26. The number of benzene rings is 1. The Hall–Kier alpha value is -1.62. The van der Waals surface area contributed by atoms with Gasteiger partial charge in [-0.2, -0.15) is 0 Å². The van der Waals surface area contributed by atoms with Crippen LogP contribution >= 0.6 is 0 Å². The maximum Gasteiger partial charge on any atom is 0.311 e. The lowest BCUT2D eigenvalue weighted by atomic mass is 9.83. The molecule has 0 radical (unpaired) electrons. The summed E-state index contributed by atoms with van der Waals surface area (Å²) in [5.41, 5.74) is 0.954. The number of nitrogens with one attached hydrogen (secondary N) is 1. The molecule has 116 valence electrons. The van der Waals surface area contributed by atoms with E-state index in [9.17, 15) is 10.1 Å². The average Bonchev–Trinajstić information content (AvgIpc) is 2.49. The smallest absolute Gasteiger partial charge is 0.311 e. The standard InChI is InChI=1S/C16H24N2O3/c1-12-3-5-13(6-4-12)10-17-11-14-7-8-16(21-2)15(9-14)18(19)20/h7-9,12-13,17H,3-6,10-11H2,1-2H3. The zero-order chi connectivity index (χ0) is 15.2. The lowest BCUT2D eigenvalue weighted by molar-refractivity contribution is -0.385. The van der Waals surface area contributed by atoms with Gasteiger partial charge < -0.3 is 10.1 Å². The van der Waals surface area contributed by atoms with E-state index >= 15 is 0 Å². The quantitative estimate of drug-likeness (QED) is 0.643. The molecule has 1 aromatic rings. The van der Waals surface area contributed by atoms with Crippen molar-refractivity contribution in [3.8, 4) is 5.75 Å². The van der Waals surface area contributed by atoms with Crippen molar-refractivity contribution >= 4 is 5.69 Å². The van der Waals surface area contributed by atoms with Crippen molar-refractivity contribution in [2.45, 2.75) is 39.2 Å². The summed E-state index contributed by atoms with van der Waals surface area (Å²) in [5, 5.41) is 14.4. The van der Waals surface area contributed by atoms with Crippen molar-refractivity contribution in [3.05, 3.63) is 33.9 Å². The molecular formula is C16H24N2O3. The Morgan fingerprint density at radius 3 is 2.67 bits per heavy atom. The Bertz CT molecular complexity index is 482. The van der Waals surface area contributed by atoms with E-state index in [1.54, 1.807) is 12.1 Å². The summed E-state index contributed by atoms with van der Waals surface area (Å²) in [5.74, 6) is 1.92. The fraction of sp³-hybridized carbons (Fsp3) is 0.625. The first-order chi connectivity index (χ1) is 10.1. The largest absolute Gasteiger partial charge is 0.490 e. The molecule has 5 heteroatoms. The SMILES string of the molecule is COc1ccc(CNCC2CCC(C)CC2)cc1[N+](=O)[O-]. The third kappa shape index (κ3) is 4.43. The van der Waals surface area contributed by atoms with Gasteiger partial charge >= 0.3 is 5.69 Å². The third-order valence-electron chi connectivity index (χ3n) is 4.34. The number of nitrogens with zero attached hydrogens (tertiary/aromatic N) is 1. The van der Waals surface area contributed by atoms with Crippen LogP contribution in [0.2, 0.25) is 0 Å². The summed E-state index contributed by atoms with van der Waals surface area (Å²) < 4.78 is 5.01. The van der Waals surface area contributed by atoms with E-state index in [0.717, 1.165) is 23.9 Å². The molecule has 1 saturated carbocycles. The zero-order valence-electron chi connectivity index (χ0n) is 12.8. The fourth-order valence-electron chi connectivity index (χ4n) is 2.94. The maximum absolute atomic E-state index is 11.0. The summed E-state index contributed by atoms with van der Waals surface area (Å²) in [6.45, 7) is 3.98. The van der Waals surface area contributed by atoms with Gasteiger partial charge in [-0.1, -0.05) is 25.8 Å². The van der Waals surface area contributed by atoms with Gasteiger partial charge in [0.25, 0.3) is 0 Å². The number of nitro groups is 1. The molecule has 1 N–H and O–H groups in total. The first-order valence-corrected chi connectivity index (χ1v) is 7.62. The predicted octanol–water partition coefficient (Wildman–Crippen LogP) is 3.52. The van der Waals surface area contributed by atoms with E-state index < -0.39 is 4.92 Å². The minimum absolute atomic E-state index is 0.0308. The summed E-state index contributed by atoms with van der Waals surface area (Å²) >= 11 is 0. The van der Waals surface area contributed by atoms with Crippen LogP contribution in [0.25, 0.3) is 0 Å². The van der Waals surface area contributed by atoms with Crippen molar-refractivity contribution < 1.29 is 9.66 Å². The van der Waals surface area contributed by atoms with Crippen LogP contribution in [0, 0.1) is 22.0 Å². The first-order valence-electron chi connectivity index (χ1n) is 7.62. The van der Waals surface area contributed by atoms with E-state index in [4.69, 9.17) is 4.74 Å². The highest BCUT2D eigenvalue weighted by molar-refractivity contribution is 5.48. The molecule has 1 aliphatic carbocycles. The number of nitro benzene ring substituents is 1. The Balaban J connectivity index is 1.86. The van der Waals surface area contributed by atoms with Crippen LogP contribution in [-0.2, 0) is 6.54 Å². The molecule has 0 unspecified atom stereocenters. The van der Waals surface area contributed by atoms with E-state index in [1.165, 1.54) is 32.8 Å². The summed E-state index contributed by atoms with van der Waals surface area (Å²) in [7, 11) is 1.45. The molecule has 0 spiro atoms. The number of ether oxygens (including phenoxy) is 1. The molecule has 2 rings (SSSR count). The van der Waals surface area contributed by atoms with Gasteiger partial charge in [-0.15, -0.1) is 0 Å². The number of hydrogen-bond acceptors (Lipinski definition) is 4. The molecule has 21 heavy (non-hydrogen) atoms. The van der Waals surface area contributed by atoms with E-state index in [1.807, 2.05) is 6.07 Å². The van der Waals surface area contributed by atoms with Crippen LogP contribution in [0.15, 0.2) is 18.2 Å². The average molecular weight is 292 g/mol. The number of rotatable bonds is 6. The second-order valence-corrected chi connectivity index (χ2v) is 6.02. The zero-order valence-corrected chi connectivity index (χ0v) is 12.8. The molecule has 0 amide bonds. The molecule has 0 aliphatic heterocycles. The molecule has 0 bridgehead atoms. The highest BCUT2D eigenvalue weighted by atomic mass is 16.6. The lowest BCUT2D eigenvalue weighted by Crippen LogP contribution is -2.25. The summed E-state index contributed by atoms with van der Waals surface area (Å²) in [6, 6.07) is 5.13. The van der Waals surface area contributed by atoms with Gasteiger partial charge in [0, 0.05) is 12.6 Å². The number of methoxy groups -OCH3 is 1. The van der Waals surface area contributed by atoms with Crippen molar-refractivity contribution in [3.63, 3.8) is 0 Å². The van der Waals surface area contributed by atoms with Crippen LogP contribution in [0.3, 0.4) is 0 Å². The molecule has 0 heterocycles.